The first-order chi connectivity index (χ1) is 8.41. The number of carbonyl (C=O) groups excluding carboxylic acids is 1. The molecule has 1 heterocycles. The summed E-state index contributed by atoms with van der Waals surface area (Å²) < 4.78 is 0. The molecule has 6 heteroatoms. The fourth-order valence-electron chi connectivity index (χ4n) is 1.35. The molecule has 0 radical (unpaired) electrons. The summed E-state index contributed by atoms with van der Waals surface area (Å²) in [7, 11) is 5.53. The summed E-state index contributed by atoms with van der Waals surface area (Å²) in [6.45, 7) is 1.33. The van der Waals surface area contributed by atoms with Gasteiger partial charge in [0.2, 0.25) is 0 Å². The number of pyridine rings is 1. The molecule has 1 rings (SSSR count). The van der Waals surface area contributed by atoms with Gasteiger partial charge in [-0.05, 0) is 26.2 Å². The minimum Gasteiger partial charge on any atom is -0.477 e. The number of hydrogen-bond acceptors (Lipinski definition) is 4. The Morgan fingerprint density at radius 3 is 2.50 bits per heavy atom. The normalized spacial score (nSPS) is 10.4. The van der Waals surface area contributed by atoms with Gasteiger partial charge in [0.1, 0.15) is 5.69 Å². The average molecular weight is 251 g/mol. The number of carboxylic acids is 1. The van der Waals surface area contributed by atoms with Crippen LogP contribution < -0.4 is 0 Å². The van der Waals surface area contributed by atoms with E-state index in [0.717, 1.165) is 6.54 Å². The van der Waals surface area contributed by atoms with Crippen LogP contribution in [0.1, 0.15) is 20.8 Å². The molecule has 18 heavy (non-hydrogen) atoms. The van der Waals surface area contributed by atoms with Crippen LogP contribution in [-0.2, 0) is 0 Å². The average Bonchev–Trinajstić information content (AvgIpc) is 2.35. The Labute approximate surface area is 106 Å². The van der Waals surface area contributed by atoms with Gasteiger partial charge < -0.3 is 14.9 Å². The molecule has 1 N–H and O–H groups in total. The van der Waals surface area contributed by atoms with Gasteiger partial charge in [-0.1, -0.05) is 0 Å². The largest absolute Gasteiger partial charge is 0.477 e. The molecular weight excluding hydrogens is 234 g/mol. The lowest BCUT2D eigenvalue weighted by Gasteiger charge is -2.19. The first-order valence-corrected chi connectivity index (χ1v) is 5.51. The highest BCUT2D eigenvalue weighted by Gasteiger charge is 2.14. The van der Waals surface area contributed by atoms with Crippen molar-refractivity contribution in [1.29, 1.82) is 0 Å². The van der Waals surface area contributed by atoms with E-state index in [1.54, 1.807) is 11.9 Å². The van der Waals surface area contributed by atoms with Gasteiger partial charge in [0.15, 0.2) is 0 Å². The van der Waals surface area contributed by atoms with Crippen molar-refractivity contribution in [3.05, 3.63) is 29.6 Å². The zero-order chi connectivity index (χ0) is 13.7. The molecule has 0 saturated heterocycles. The van der Waals surface area contributed by atoms with Crippen molar-refractivity contribution >= 4 is 11.9 Å². The van der Waals surface area contributed by atoms with E-state index in [2.05, 4.69) is 4.98 Å². The van der Waals surface area contributed by atoms with Crippen molar-refractivity contribution in [3.63, 3.8) is 0 Å². The van der Waals surface area contributed by atoms with E-state index in [-0.39, 0.29) is 11.6 Å². The molecule has 0 atom stereocenters. The maximum atomic E-state index is 12.0. The van der Waals surface area contributed by atoms with Gasteiger partial charge in [-0.2, -0.15) is 0 Å². The van der Waals surface area contributed by atoms with Crippen LogP contribution in [0.4, 0.5) is 0 Å². The summed E-state index contributed by atoms with van der Waals surface area (Å²) in [5, 5.41) is 8.81. The van der Waals surface area contributed by atoms with E-state index < -0.39 is 5.97 Å². The van der Waals surface area contributed by atoms with E-state index in [9.17, 15) is 9.59 Å². The Morgan fingerprint density at radius 1 is 1.28 bits per heavy atom. The molecule has 1 amide bonds. The van der Waals surface area contributed by atoms with Crippen LogP contribution in [0.5, 0.6) is 0 Å². The molecule has 0 bridgehead atoms. The first-order valence-electron chi connectivity index (χ1n) is 5.51. The van der Waals surface area contributed by atoms with Gasteiger partial charge in [0.25, 0.3) is 5.91 Å². The lowest BCUT2D eigenvalue weighted by Crippen LogP contribution is -2.33. The van der Waals surface area contributed by atoms with Crippen LogP contribution in [0, 0.1) is 0 Å². The molecular formula is C12H17N3O3. The molecule has 1 aromatic rings. The second kappa shape index (κ2) is 6.11. The van der Waals surface area contributed by atoms with E-state index in [4.69, 9.17) is 5.11 Å². The molecule has 0 aromatic carbocycles. The maximum absolute atomic E-state index is 12.0. The van der Waals surface area contributed by atoms with Crippen molar-refractivity contribution < 1.29 is 14.7 Å². The lowest BCUT2D eigenvalue weighted by molar-refractivity contribution is 0.0690. The topological polar surface area (TPSA) is 73.7 Å². The maximum Gasteiger partial charge on any atom is 0.354 e. The Bertz CT molecular complexity index is 446. The molecule has 0 spiro atoms. The molecule has 6 nitrogen and oxygen atoms in total. The van der Waals surface area contributed by atoms with Crippen LogP contribution in [0.2, 0.25) is 0 Å². The number of likely N-dealkylation sites (N-methyl/N-ethyl adjacent to an activating group) is 2. The number of nitrogens with zero attached hydrogens (tertiary/aromatic N) is 3. The molecule has 98 valence electrons. The summed E-state index contributed by atoms with van der Waals surface area (Å²) in [5.41, 5.74) is 0.213. The molecule has 0 aliphatic heterocycles. The predicted octanol–water partition coefficient (Wildman–Crippen LogP) is 0.413. The van der Waals surface area contributed by atoms with Gasteiger partial charge in [0.05, 0.1) is 0 Å². The standard InChI is InChI=1S/C12H17N3O3/c1-14(2)6-7-15(3)11(16)9-4-5-13-10(8-9)12(17)18/h4-5,8H,6-7H2,1-3H3,(H,17,18). The number of aromatic nitrogens is 1. The van der Waals surface area contributed by atoms with Crippen molar-refractivity contribution in [2.75, 3.05) is 34.2 Å². The van der Waals surface area contributed by atoms with Crippen molar-refractivity contribution in [3.8, 4) is 0 Å². The van der Waals surface area contributed by atoms with Gasteiger partial charge >= 0.3 is 5.97 Å². The zero-order valence-corrected chi connectivity index (χ0v) is 10.8. The second-order valence-corrected chi connectivity index (χ2v) is 4.26. The molecule has 0 saturated carbocycles. The van der Waals surface area contributed by atoms with Crippen LogP contribution in [0.15, 0.2) is 18.3 Å². The zero-order valence-electron chi connectivity index (χ0n) is 10.8. The van der Waals surface area contributed by atoms with E-state index in [1.165, 1.54) is 18.3 Å². The highest BCUT2D eigenvalue weighted by atomic mass is 16.4. The van der Waals surface area contributed by atoms with Crippen LogP contribution in [0.3, 0.4) is 0 Å². The summed E-state index contributed by atoms with van der Waals surface area (Å²) in [5.74, 6) is -1.35. The Kier molecular flexibility index (Phi) is 4.79. The number of rotatable bonds is 5. The molecule has 0 aliphatic carbocycles. The molecule has 1 aromatic heterocycles. The summed E-state index contributed by atoms with van der Waals surface area (Å²) in [6.07, 6.45) is 1.33. The van der Waals surface area contributed by atoms with Crippen LogP contribution in [0.25, 0.3) is 0 Å². The first kappa shape index (κ1) is 14.1. The van der Waals surface area contributed by atoms with Crippen LogP contribution >= 0.6 is 0 Å². The van der Waals surface area contributed by atoms with Gasteiger partial charge in [-0.3, -0.25) is 4.79 Å². The Balaban J connectivity index is 2.77. The minimum absolute atomic E-state index is 0.123. The van der Waals surface area contributed by atoms with Crippen molar-refractivity contribution in [2.45, 2.75) is 0 Å². The number of amides is 1. The smallest absolute Gasteiger partial charge is 0.354 e. The number of aromatic carboxylic acids is 1. The predicted molar refractivity (Wildman–Crippen MR) is 66.7 cm³/mol. The van der Waals surface area contributed by atoms with Crippen LogP contribution in [-0.4, -0.2) is 66.0 Å². The lowest BCUT2D eigenvalue weighted by atomic mass is 10.2. The molecule has 0 unspecified atom stereocenters. The Hall–Kier alpha value is -1.95. The second-order valence-electron chi connectivity index (χ2n) is 4.26. The van der Waals surface area contributed by atoms with E-state index in [0.29, 0.717) is 12.1 Å². The molecule has 0 aliphatic rings. The van der Waals surface area contributed by atoms with Gasteiger partial charge in [-0.25, -0.2) is 9.78 Å². The van der Waals surface area contributed by atoms with Gasteiger partial charge in [-0.15, -0.1) is 0 Å². The van der Waals surface area contributed by atoms with E-state index >= 15 is 0 Å². The number of hydrogen-bond donors (Lipinski definition) is 1. The summed E-state index contributed by atoms with van der Waals surface area (Å²) >= 11 is 0. The summed E-state index contributed by atoms with van der Waals surface area (Å²) in [6, 6.07) is 2.80. The summed E-state index contributed by atoms with van der Waals surface area (Å²) in [4.78, 5) is 30.0. The minimum atomic E-state index is -1.14. The van der Waals surface area contributed by atoms with Crippen molar-refractivity contribution in [2.24, 2.45) is 0 Å². The number of carbonyl (C=O) groups is 2. The Morgan fingerprint density at radius 2 is 1.94 bits per heavy atom. The van der Waals surface area contributed by atoms with E-state index in [1.807, 2.05) is 19.0 Å². The highest BCUT2D eigenvalue weighted by Crippen LogP contribution is 2.05. The quantitative estimate of drug-likeness (QED) is 0.820. The third-order valence-corrected chi connectivity index (χ3v) is 2.46. The number of carboxylic acid groups (broad SMARTS) is 1. The third-order valence-electron chi connectivity index (χ3n) is 2.46. The monoisotopic (exact) mass is 251 g/mol. The molecule has 0 fully saturated rings. The SMILES string of the molecule is CN(C)CCN(C)C(=O)c1ccnc(C(=O)O)c1. The van der Waals surface area contributed by atoms with Crippen molar-refractivity contribution in [1.82, 2.24) is 14.8 Å². The third kappa shape index (κ3) is 3.81. The fourth-order valence-corrected chi connectivity index (χ4v) is 1.35. The van der Waals surface area contributed by atoms with Gasteiger partial charge in [0, 0.05) is 31.9 Å². The fraction of sp³-hybridized carbons (Fsp3) is 0.417. The highest BCUT2D eigenvalue weighted by molar-refractivity contribution is 5.96.